The average molecular weight is 719 g/mol. The normalized spacial score (nSPS) is 12.9. The zero-order valence-electron chi connectivity index (χ0n) is 30.4. The molecule has 56 heavy (non-hydrogen) atoms. The highest BCUT2D eigenvalue weighted by atomic mass is 16.3. The van der Waals surface area contributed by atoms with Crippen LogP contribution in [0.2, 0.25) is 0 Å². The molecular weight excluding hydrogens is 685 g/mol. The monoisotopic (exact) mass is 718 g/mol. The largest absolute Gasteiger partial charge is 0.455 e. The summed E-state index contributed by atoms with van der Waals surface area (Å²) >= 11 is 0. The van der Waals surface area contributed by atoms with Crippen molar-refractivity contribution >= 4 is 49.3 Å². The molecule has 264 valence electrons. The molecule has 0 amide bonds. The summed E-state index contributed by atoms with van der Waals surface area (Å²) in [6, 6.07) is 57.1. The third-order valence-corrected chi connectivity index (χ3v) is 10.9. The second kappa shape index (κ2) is 13.2. The molecule has 3 heterocycles. The van der Waals surface area contributed by atoms with E-state index in [0.717, 1.165) is 84.7 Å². The lowest BCUT2D eigenvalue weighted by atomic mass is 9.93. The third kappa shape index (κ3) is 5.44. The van der Waals surface area contributed by atoms with Gasteiger partial charge in [-0.05, 0) is 96.3 Å². The van der Waals surface area contributed by atoms with Crippen LogP contribution in [0.1, 0.15) is 18.4 Å². The summed E-state index contributed by atoms with van der Waals surface area (Å²) in [5.74, 6) is 1.85. The van der Waals surface area contributed by atoms with E-state index in [1.807, 2.05) is 30.3 Å². The van der Waals surface area contributed by atoms with Crippen molar-refractivity contribution in [1.82, 2.24) is 19.5 Å². The van der Waals surface area contributed by atoms with Gasteiger partial charge >= 0.3 is 0 Å². The van der Waals surface area contributed by atoms with Gasteiger partial charge in [0, 0.05) is 49.5 Å². The number of fused-ring (bicyclic) bond motifs is 6. The van der Waals surface area contributed by atoms with Gasteiger partial charge in [-0.3, -0.25) is 0 Å². The fourth-order valence-corrected chi connectivity index (χ4v) is 8.16. The Labute approximate surface area is 323 Å². The summed E-state index contributed by atoms with van der Waals surface area (Å²) in [4.78, 5) is 15.4. The maximum atomic E-state index is 6.67. The van der Waals surface area contributed by atoms with Gasteiger partial charge in [-0.2, -0.15) is 0 Å². The zero-order chi connectivity index (χ0) is 37.0. The number of allylic oxidation sites excluding steroid dienone is 4. The fraction of sp³-hybridized carbons (Fsp3) is 0.0392. The number of hydrogen-bond donors (Lipinski definition) is 0. The van der Waals surface area contributed by atoms with Gasteiger partial charge in [0.25, 0.3) is 0 Å². The van der Waals surface area contributed by atoms with Crippen molar-refractivity contribution < 1.29 is 4.42 Å². The molecule has 0 fully saturated rings. The van der Waals surface area contributed by atoms with Crippen LogP contribution in [0.4, 0.5) is 0 Å². The summed E-state index contributed by atoms with van der Waals surface area (Å²) in [6.07, 6.45) is 8.93. The highest BCUT2D eigenvalue weighted by Gasteiger charge is 2.20. The van der Waals surface area contributed by atoms with Gasteiger partial charge in [0.2, 0.25) is 0 Å². The zero-order valence-corrected chi connectivity index (χ0v) is 30.4. The van der Waals surface area contributed by atoms with E-state index in [0.29, 0.717) is 17.5 Å². The lowest BCUT2D eigenvalue weighted by molar-refractivity contribution is 0.670. The van der Waals surface area contributed by atoms with Crippen molar-refractivity contribution in [1.29, 1.82) is 0 Å². The Morgan fingerprint density at radius 2 is 1.05 bits per heavy atom. The van der Waals surface area contributed by atoms with Crippen molar-refractivity contribution in [2.75, 3.05) is 0 Å². The molecule has 0 saturated carbocycles. The van der Waals surface area contributed by atoms with Crippen LogP contribution in [0.5, 0.6) is 0 Å². The SMILES string of the molecule is C1=CC(c2cc(-c3ccccc3)c3oc4ccc(-c5nc(-c6ccccc6)nc(-c6ccc7c(c6)c6ccccc6n7-c6ccccc6)n5)cc4c3c2)=CCC1. The number of benzene rings is 7. The highest BCUT2D eigenvalue weighted by Crippen LogP contribution is 2.41. The molecule has 1 aliphatic rings. The number of aromatic nitrogens is 4. The Kier molecular flexibility index (Phi) is 7.56. The van der Waals surface area contributed by atoms with Gasteiger partial charge in [0.1, 0.15) is 11.2 Å². The summed E-state index contributed by atoms with van der Waals surface area (Å²) in [5.41, 5.74) is 12.5. The molecule has 0 atom stereocenters. The van der Waals surface area contributed by atoms with Crippen LogP contribution >= 0.6 is 0 Å². The molecule has 10 aromatic rings. The lowest BCUT2D eigenvalue weighted by Gasteiger charge is -2.11. The number of furan rings is 1. The highest BCUT2D eigenvalue weighted by molar-refractivity contribution is 6.12. The Balaban J connectivity index is 1.11. The maximum Gasteiger partial charge on any atom is 0.164 e. The fourth-order valence-electron chi connectivity index (χ4n) is 8.16. The average Bonchev–Trinajstić information content (AvgIpc) is 3.82. The van der Waals surface area contributed by atoms with Crippen LogP contribution in [-0.4, -0.2) is 19.5 Å². The summed E-state index contributed by atoms with van der Waals surface area (Å²) in [5, 5.41) is 4.41. The summed E-state index contributed by atoms with van der Waals surface area (Å²) < 4.78 is 9.00. The summed E-state index contributed by atoms with van der Waals surface area (Å²) in [7, 11) is 0. The second-order valence-electron chi connectivity index (χ2n) is 14.3. The third-order valence-electron chi connectivity index (χ3n) is 10.9. The second-order valence-corrected chi connectivity index (χ2v) is 14.3. The predicted octanol–water partition coefficient (Wildman–Crippen LogP) is 13.3. The molecule has 0 saturated heterocycles. The predicted molar refractivity (Wildman–Crippen MR) is 230 cm³/mol. The van der Waals surface area contributed by atoms with E-state index in [1.165, 1.54) is 16.5 Å². The van der Waals surface area contributed by atoms with E-state index in [1.54, 1.807) is 0 Å². The molecule has 3 aromatic heterocycles. The smallest absolute Gasteiger partial charge is 0.164 e. The number of para-hydroxylation sites is 2. The first-order valence-electron chi connectivity index (χ1n) is 19.1. The molecule has 0 radical (unpaired) electrons. The molecule has 1 aliphatic carbocycles. The van der Waals surface area contributed by atoms with Gasteiger partial charge < -0.3 is 8.98 Å². The Morgan fingerprint density at radius 3 is 1.79 bits per heavy atom. The maximum absolute atomic E-state index is 6.67. The van der Waals surface area contributed by atoms with Crippen LogP contribution in [0.25, 0.3) is 100 Å². The van der Waals surface area contributed by atoms with Crippen LogP contribution in [0.3, 0.4) is 0 Å². The molecule has 0 unspecified atom stereocenters. The van der Waals surface area contributed by atoms with Gasteiger partial charge in [0.15, 0.2) is 17.5 Å². The molecular formula is C51H34N4O. The molecule has 5 heteroatoms. The minimum Gasteiger partial charge on any atom is -0.455 e. The van der Waals surface area contributed by atoms with E-state index in [-0.39, 0.29) is 0 Å². The number of nitrogens with zero attached hydrogens (tertiary/aromatic N) is 4. The first kappa shape index (κ1) is 32.1. The van der Waals surface area contributed by atoms with Gasteiger partial charge in [-0.15, -0.1) is 0 Å². The molecule has 5 nitrogen and oxygen atoms in total. The van der Waals surface area contributed by atoms with Crippen molar-refractivity contribution in [2.24, 2.45) is 0 Å². The lowest BCUT2D eigenvalue weighted by Crippen LogP contribution is -2.00. The van der Waals surface area contributed by atoms with Crippen LogP contribution in [0.15, 0.2) is 186 Å². The molecule has 7 aromatic carbocycles. The number of hydrogen-bond acceptors (Lipinski definition) is 4. The van der Waals surface area contributed by atoms with E-state index in [4.69, 9.17) is 19.4 Å². The molecule has 0 N–H and O–H groups in total. The van der Waals surface area contributed by atoms with Crippen LogP contribution in [0, 0.1) is 0 Å². The van der Waals surface area contributed by atoms with Gasteiger partial charge in [-0.1, -0.05) is 115 Å². The van der Waals surface area contributed by atoms with E-state index in [9.17, 15) is 0 Å². The summed E-state index contributed by atoms with van der Waals surface area (Å²) in [6.45, 7) is 0. The van der Waals surface area contributed by atoms with Crippen molar-refractivity contribution in [3.05, 3.63) is 188 Å². The Bertz CT molecular complexity index is 3170. The van der Waals surface area contributed by atoms with Crippen molar-refractivity contribution in [3.8, 4) is 51.0 Å². The van der Waals surface area contributed by atoms with Crippen molar-refractivity contribution in [3.63, 3.8) is 0 Å². The quantitative estimate of drug-likeness (QED) is 0.172. The Morgan fingerprint density at radius 1 is 0.446 bits per heavy atom. The molecule has 11 rings (SSSR count). The first-order valence-corrected chi connectivity index (χ1v) is 19.1. The standard InChI is InChI=1S/C51H34N4O/c1-5-15-33(16-6-1)38-31-41(34-17-7-2-8-18-34)48-44(32-38)43-30-37(26-28-47(43)56-48)51-53-49(35-19-9-3-10-20-35)52-50(54-51)36-25-27-46-42(29-36)40-23-13-14-24-45(40)55(46)39-21-11-4-12-22-39/h2-5,7-32H,1,6H2. The molecule has 0 spiro atoms. The van der Waals surface area contributed by atoms with E-state index < -0.39 is 0 Å². The topological polar surface area (TPSA) is 56.7 Å². The van der Waals surface area contributed by atoms with Gasteiger partial charge in [0.05, 0.1) is 11.0 Å². The van der Waals surface area contributed by atoms with E-state index in [2.05, 4.69) is 156 Å². The number of rotatable bonds is 6. The van der Waals surface area contributed by atoms with Crippen LogP contribution in [-0.2, 0) is 0 Å². The molecule has 0 bridgehead atoms. The molecule has 0 aliphatic heterocycles. The van der Waals surface area contributed by atoms with Crippen LogP contribution < -0.4 is 0 Å². The minimum absolute atomic E-state index is 0.606. The Hall–Kier alpha value is -7.37. The van der Waals surface area contributed by atoms with Crippen molar-refractivity contribution in [2.45, 2.75) is 12.8 Å². The van der Waals surface area contributed by atoms with Gasteiger partial charge in [-0.25, -0.2) is 15.0 Å². The van der Waals surface area contributed by atoms with E-state index >= 15 is 0 Å². The first-order chi connectivity index (χ1) is 27.7. The minimum atomic E-state index is 0.606.